The van der Waals surface area contributed by atoms with Crippen molar-refractivity contribution in [3.8, 4) is 0 Å². The largest absolute Gasteiger partial charge is 0.432 e. The molecule has 0 aromatic heterocycles. The Hall–Kier alpha value is -2.03. The molecule has 3 aliphatic carbocycles. The van der Waals surface area contributed by atoms with Crippen molar-refractivity contribution in [2.24, 2.45) is 28.1 Å². The predicted octanol–water partition coefficient (Wildman–Crippen LogP) is -9.22. The van der Waals surface area contributed by atoms with Crippen molar-refractivity contribution >= 4 is 5.97 Å². The first kappa shape index (κ1) is 71.3. The number of esters is 1. The van der Waals surface area contributed by atoms with Crippen molar-refractivity contribution in [1.82, 2.24) is 0 Å². The van der Waals surface area contributed by atoms with Crippen molar-refractivity contribution < 1.29 is 164 Å². The highest BCUT2D eigenvalue weighted by Crippen LogP contribution is 2.68. The standard InChI is InChI=1S/C56H92O33/c1-19-12-54(2)11-8-28-55(3,27(54)7-6-20(19)78-51-45(87-49-41(75)37(71)31(65)23(15-59)81-49)43(33(67)25(17-61)83-51)85-47-39(73)35(69)29(63)21(13-57)79-47)9-5-10-56(28,4)53(77)89-52-46(88-50-42(76)38(72)32(66)24(16-60)82-50)44(34(68)26(18-62)84-52)86-48-40(74)36(70)30(64)22(14-58)80-48/h20-52,57-76H,1,5-18H2,2-4H3/t20?,21?,22?,23?,24?,25?,26?,27-,28?,29?,30?,31?,32?,33?,34?,35?,36?,37?,38?,39?,40?,41?,42?,43?,44?,45?,46?,47?,48?,49?,50?,51?,52?,54-,55+,56-/m1/s1. The summed E-state index contributed by atoms with van der Waals surface area (Å²) in [5.41, 5.74) is -2.04. The zero-order valence-corrected chi connectivity index (χ0v) is 49.4. The Labute approximate surface area is 510 Å². The van der Waals surface area contributed by atoms with Crippen LogP contribution in [0.5, 0.6) is 0 Å². The monoisotopic (exact) mass is 1290 g/mol. The first-order valence-corrected chi connectivity index (χ1v) is 30.3. The number of carbonyl (C=O) groups is 1. The van der Waals surface area contributed by atoms with E-state index < -0.39 is 258 Å². The van der Waals surface area contributed by atoms with E-state index in [0.29, 0.717) is 44.1 Å². The number of fused-ring (bicyclic) bond motifs is 3. The molecule has 6 aliphatic heterocycles. The Balaban J connectivity index is 0.985. The van der Waals surface area contributed by atoms with E-state index in [0.717, 1.165) is 0 Å². The molecule has 0 radical (unpaired) electrons. The maximum atomic E-state index is 15.4. The van der Waals surface area contributed by atoms with Crippen molar-refractivity contribution in [3.63, 3.8) is 0 Å². The highest BCUT2D eigenvalue weighted by molar-refractivity contribution is 5.77. The second kappa shape index (κ2) is 28.7. The van der Waals surface area contributed by atoms with Crippen molar-refractivity contribution in [1.29, 1.82) is 0 Å². The average Bonchev–Trinajstić information content (AvgIpc) is 1.56. The van der Waals surface area contributed by atoms with Gasteiger partial charge in [-0.15, -0.1) is 0 Å². The van der Waals surface area contributed by atoms with Gasteiger partial charge in [-0.1, -0.05) is 26.8 Å². The second-order valence-corrected chi connectivity index (χ2v) is 26.1. The maximum Gasteiger partial charge on any atom is 0.314 e. The van der Waals surface area contributed by atoms with Gasteiger partial charge in [-0.25, -0.2) is 0 Å². The van der Waals surface area contributed by atoms with Gasteiger partial charge in [-0.3, -0.25) is 4.79 Å². The second-order valence-electron chi connectivity index (χ2n) is 26.1. The van der Waals surface area contributed by atoms with Gasteiger partial charge in [0.25, 0.3) is 0 Å². The zero-order chi connectivity index (χ0) is 65.1. The fraction of sp³-hybridized carbons (Fsp3) is 0.946. The minimum atomic E-state index is -2.08. The molecule has 33 heteroatoms. The number of hydrogen-bond acceptors (Lipinski definition) is 33. The molecular formula is C56H92O33. The lowest BCUT2D eigenvalue weighted by Gasteiger charge is -2.62. The molecule has 6 heterocycles. The summed E-state index contributed by atoms with van der Waals surface area (Å²) in [7, 11) is 0. The molecule has 514 valence electrons. The molecule has 32 unspecified atom stereocenters. The smallest absolute Gasteiger partial charge is 0.314 e. The summed E-state index contributed by atoms with van der Waals surface area (Å²) in [6.07, 6.45) is -53.4. The molecule has 9 rings (SSSR count). The van der Waals surface area contributed by atoms with E-state index in [-0.39, 0.29) is 18.8 Å². The third-order valence-corrected chi connectivity index (χ3v) is 20.6. The fourth-order valence-electron chi connectivity index (χ4n) is 15.5. The lowest BCUT2D eigenvalue weighted by Crippen LogP contribution is -2.67. The van der Waals surface area contributed by atoms with E-state index in [1.54, 1.807) is 6.92 Å². The zero-order valence-electron chi connectivity index (χ0n) is 49.4. The average molecular weight is 1290 g/mol. The molecule has 9 aliphatic rings. The van der Waals surface area contributed by atoms with Gasteiger partial charge >= 0.3 is 5.97 Å². The minimum absolute atomic E-state index is 0.202. The van der Waals surface area contributed by atoms with Gasteiger partial charge in [0, 0.05) is 0 Å². The van der Waals surface area contributed by atoms with Crippen LogP contribution in [-0.2, 0) is 61.6 Å². The van der Waals surface area contributed by atoms with Crippen LogP contribution in [0.1, 0.15) is 72.1 Å². The van der Waals surface area contributed by atoms with Crippen LogP contribution in [0.2, 0.25) is 0 Å². The summed E-state index contributed by atoms with van der Waals surface area (Å²) < 4.78 is 72.3. The molecule has 20 N–H and O–H groups in total. The van der Waals surface area contributed by atoms with Gasteiger partial charge in [0.15, 0.2) is 37.6 Å². The van der Waals surface area contributed by atoms with Crippen molar-refractivity contribution in [2.45, 2.75) is 262 Å². The van der Waals surface area contributed by atoms with Crippen LogP contribution in [0.15, 0.2) is 12.2 Å². The molecule has 36 atom stereocenters. The molecule has 0 bridgehead atoms. The molecule has 89 heavy (non-hydrogen) atoms. The first-order chi connectivity index (χ1) is 42.1. The van der Waals surface area contributed by atoms with Crippen molar-refractivity contribution in [3.05, 3.63) is 12.2 Å². The first-order valence-electron chi connectivity index (χ1n) is 30.3. The Morgan fingerprint density at radius 1 is 0.404 bits per heavy atom. The van der Waals surface area contributed by atoms with Gasteiger partial charge in [0.2, 0.25) is 6.29 Å². The molecule has 9 fully saturated rings. The van der Waals surface area contributed by atoms with E-state index in [9.17, 15) is 102 Å². The number of aliphatic hydroxyl groups is 20. The summed E-state index contributed by atoms with van der Waals surface area (Å²) in [6.45, 7) is 5.00. The number of carbonyl (C=O) groups excluding carboxylic acids is 1. The molecule has 0 spiro atoms. The molecular weight excluding hydrogens is 1200 g/mol. The van der Waals surface area contributed by atoms with E-state index in [1.165, 1.54) is 0 Å². The van der Waals surface area contributed by atoms with E-state index in [2.05, 4.69) is 20.4 Å². The van der Waals surface area contributed by atoms with E-state index >= 15 is 4.79 Å². The van der Waals surface area contributed by atoms with Crippen LogP contribution < -0.4 is 0 Å². The molecule has 6 saturated heterocycles. The molecule has 0 aromatic carbocycles. The van der Waals surface area contributed by atoms with Gasteiger partial charge < -0.3 is 159 Å². The van der Waals surface area contributed by atoms with E-state index in [1.807, 2.05) is 0 Å². The SMILES string of the molecule is C=C1C[C@@]2(C)CCC3[C@](C)(C(=O)OC4OC(CO)C(O)C(OC5OC(CO)C(O)C(O)C5O)C4OC4OC(CO)C(O)C(O)C4O)CCC[C@@]3(C)[C@@H]2CCC1OC1OC(CO)C(O)C(OC2OC(CO)C(O)C(O)C2O)C1OC1OC(CO)C(O)C(O)C1O. The third-order valence-electron chi connectivity index (χ3n) is 20.6. The number of hydrogen-bond donors (Lipinski definition) is 20. The lowest BCUT2D eigenvalue weighted by atomic mass is 9.42. The summed E-state index contributed by atoms with van der Waals surface area (Å²) in [5, 5.41) is 214. The van der Waals surface area contributed by atoms with E-state index in [4.69, 9.17) is 56.8 Å². The Kier molecular flexibility index (Phi) is 23.0. The molecule has 33 nitrogen and oxygen atoms in total. The summed E-state index contributed by atoms with van der Waals surface area (Å²) in [4.78, 5) is 15.4. The topological polar surface area (TPSA) is 532 Å². The van der Waals surface area contributed by atoms with Crippen LogP contribution in [-0.4, -0.2) is 338 Å². The minimum Gasteiger partial charge on any atom is -0.432 e. The van der Waals surface area contributed by atoms with Gasteiger partial charge in [-0.05, 0) is 80.1 Å². The van der Waals surface area contributed by atoms with Crippen LogP contribution in [0.3, 0.4) is 0 Å². The Morgan fingerprint density at radius 3 is 1.15 bits per heavy atom. The van der Waals surface area contributed by atoms with Gasteiger partial charge in [0.05, 0.1) is 51.2 Å². The summed E-state index contributed by atoms with van der Waals surface area (Å²) >= 11 is 0. The molecule has 3 saturated carbocycles. The van der Waals surface area contributed by atoms with Crippen LogP contribution in [0.4, 0.5) is 0 Å². The van der Waals surface area contributed by atoms with Crippen LogP contribution >= 0.6 is 0 Å². The van der Waals surface area contributed by atoms with Crippen LogP contribution in [0.25, 0.3) is 0 Å². The molecule has 0 aromatic rings. The Morgan fingerprint density at radius 2 is 0.753 bits per heavy atom. The third kappa shape index (κ3) is 13.5. The number of ether oxygens (including phenoxy) is 12. The summed E-state index contributed by atoms with van der Waals surface area (Å²) in [5.74, 6) is -1.53. The number of aliphatic hydroxyl groups excluding tert-OH is 20. The Bertz CT molecular complexity index is 2320. The van der Waals surface area contributed by atoms with Gasteiger partial charge in [0.1, 0.15) is 140 Å². The quantitative estimate of drug-likeness (QED) is 0.0448. The fourth-order valence-corrected chi connectivity index (χ4v) is 15.5. The maximum absolute atomic E-state index is 15.4. The molecule has 0 amide bonds. The van der Waals surface area contributed by atoms with Gasteiger partial charge in [-0.2, -0.15) is 0 Å². The summed E-state index contributed by atoms with van der Waals surface area (Å²) in [6, 6.07) is 0. The lowest BCUT2D eigenvalue weighted by molar-refractivity contribution is -0.394. The normalized spacial score (nSPS) is 53.3. The van der Waals surface area contributed by atoms with Crippen LogP contribution in [0, 0.1) is 28.1 Å². The predicted molar refractivity (Wildman–Crippen MR) is 286 cm³/mol. The highest BCUT2D eigenvalue weighted by Gasteiger charge is 2.65. The van der Waals surface area contributed by atoms with Crippen molar-refractivity contribution in [2.75, 3.05) is 39.6 Å². The number of rotatable bonds is 18. The highest BCUT2D eigenvalue weighted by atomic mass is 16.8.